The van der Waals surface area contributed by atoms with E-state index in [1.165, 1.54) is 3.97 Å². The topological polar surface area (TPSA) is 111 Å². The molecule has 1 aliphatic heterocycles. The van der Waals surface area contributed by atoms with Gasteiger partial charge in [0.05, 0.1) is 21.1 Å². The standard InChI is InChI=1S/C31H28ClN5O3S/c32-27-18-34-29(17-21-7-6-16-36(19-21)31(38)22-12-14-23(33)15-13-22)35-30(27)26-20-37(28-11-5-4-10-25(26)28)41(39,40)24-8-2-1-3-9-24/h1-5,8-15,18,20-21H,6-7,16-17,19,33H2/t21-/m0/s1. The number of piperidine rings is 1. The molecule has 3 heterocycles. The molecule has 208 valence electrons. The summed E-state index contributed by atoms with van der Waals surface area (Å²) in [6.07, 6.45) is 5.55. The van der Waals surface area contributed by atoms with Gasteiger partial charge in [-0.05, 0) is 61.2 Å². The van der Waals surface area contributed by atoms with E-state index in [0.717, 1.165) is 18.2 Å². The van der Waals surface area contributed by atoms with Crippen LogP contribution in [0.15, 0.2) is 96.2 Å². The highest BCUT2D eigenvalue weighted by molar-refractivity contribution is 7.90. The van der Waals surface area contributed by atoms with Crippen molar-refractivity contribution < 1.29 is 13.2 Å². The molecule has 0 saturated carbocycles. The van der Waals surface area contributed by atoms with Gasteiger partial charge in [0.2, 0.25) is 0 Å². The predicted octanol–water partition coefficient (Wildman–Crippen LogP) is 5.67. The van der Waals surface area contributed by atoms with Gasteiger partial charge in [-0.3, -0.25) is 4.79 Å². The third kappa shape index (κ3) is 5.30. The summed E-state index contributed by atoms with van der Waals surface area (Å²) >= 11 is 6.61. The Morgan fingerprint density at radius 2 is 1.73 bits per heavy atom. The maximum absolute atomic E-state index is 13.6. The van der Waals surface area contributed by atoms with Crippen molar-refractivity contribution in [3.8, 4) is 11.3 Å². The number of nitrogens with two attached hydrogens (primary N) is 1. The Kier molecular flexibility index (Phi) is 7.23. The highest BCUT2D eigenvalue weighted by atomic mass is 35.5. The van der Waals surface area contributed by atoms with E-state index in [4.69, 9.17) is 22.3 Å². The average Bonchev–Trinajstić information content (AvgIpc) is 3.39. The van der Waals surface area contributed by atoms with Crippen LogP contribution < -0.4 is 5.73 Å². The first-order chi connectivity index (χ1) is 19.8. The molecule has 8 nitrogen and oxygen atoms in total. The smallest absolute Gasteiger partial charge is 0.268 e. The third-order valence-corrected chi connectivity index (χ3v) is 9.43. The molecule has 1 fully saturated rings. The van der Waals surface area contributed by atoms with Crippen molar-refractivity contribution >= 4 is 44.1 Å². The zero-order valence-corrected chi connectivity index (χ0v) is 23.7. The fourth-order valence-corrected chi connectivity index (χ4v) is 7.00. The van der Waals surface area contributed by atoms with Crippen LogP contribution in [0.5, 0.6) is 0 Å². The van der Waals surface area contributed by atoms with E-state index in [0.29, 0.717) is 58.4 Å². The lowest BCUT2D eigenvalue weighted by atomic mass is 9.94. The van der Waals surface area contributed by atoms with E-state index >= 15 is 0 Å². The monoisotopic (exact) mass is 585 g/mol. The van der Waals surface area contributed by atoms with Crippen LogP contribution in [0.2, 0.25) is 5.02 Å². The van der Waals surface area contributed by atoms with Gasteiger partial charge in [0.25, 0.3) is 15.9 Å². The van der Waals surface area contributed by atoms with Gasteiger partial charge in [0.1, 0.15) is 5.82 Å². The van der Waals surface area contributed by atoms with Gasteiger partial charge in [-0.15, -0.1) is 0 Å². The summed E-state index contributed by atoms with van der Waals surface area (Å²) in [7, 11) is -3.85. The molecule has 3 aromatic carbocycles. The number of amides is 1. The van der Waals surface area contributed by atoms with Crippen molar-refractivity contribution in [1.29, 1.82) is 0 Å². The molecule has 10 heteroatoms. The lowest BCUT2D eigenvalue weighted by Gasteiger charge is -2.32. The van der Waals surface area contributed by atoms with Gasteiger partial charge in [-0.2, -0.15) is 0 Å². The Labute approximate surface area is 243 Å². The van der Waals surface area contributed by atoms with Crippen LogP contribution in [-0.2, 0) is 16.4 Å². The summed E-state index contributed by atoms with van der Waals surface area (Å²) in [5.74, 6) is 0.758. The predicted molar refractivity (Wildman–Crippen MR) is 160 cm³/mol. The van der Waals surface area contributed by atoms with Crippen molar-refractivity contribution in [3.05, 3.63) is 108 Å². The molecule has 0 spiro atoms. The first-order valence-corrected chi connectivity index (χ1v) is 15.2. The number of halogens is 1. The first kappa shape index (κ1) is 27.0. The number of para-hydroxylation sites is 1. The lowest BCUT2D eigenvalue weighted by molar-refractivity contribution is 0.0672. The second-order valence-electron chi connectivity index (χ2n) is 10.2. The highest BCUT2D eigenvalue weighted by Gasteiger charge is 2.27. The number of hydrogen-bond donors (Lipinski definition) is 1. The van der Waals surface area contributed by atoms with Gasteiger partial charge in [-0.1, -0.05) is 48.0 Å². The molecule has 5 aromatic rings. The van der Waals surface area contributed by atoms with Crippen LogP contribution in [0.3, 0.4) is 0 Å². The molecular weight excluding hydrogens is 558 g/mol. The number of rotatable bonds is 6. The van der Waals surface area contributed by atoms with Gasteiger partial charge in [0.15, 0.2) is 0 Å². The molecular formula is C31H28ClN5O3S. The second-order valence-corrected chi connectivity index (χ2v) is 12.5. The summed E-state index contributed by atoms with van der Waals surface area (Å²) in [5.41, 5.74) is 8.63. The molecule has 6 rings (SSSR count). The quantitative estimate of drug-likeness (QED) is 0.257. The molecule has 1 amide bonds. The van der Waals surface area contributed by atoms with Crippen LogP contribution in [-0.4, -0.2) is 46.3 Å². The van der Waals surface area contributed by atoms with Crippen molar-refractivity contribution in [2.24, 2.45) is 5.92 Å². The number of nitrogen functional groups attached to an aromatic ring is 1. The molecule has 2 aromatic heterocycles. The maximum atomic E-state index is 13.6. The van der Waals surface area contributed by atoms with E-state index < -0.39 is 10.0 Å². The molecule has 2 N–H and O–H groups in total. The Morgan fingerprint density at radius 1 is 1.00 bits per heavy atom. The fraction of sp³-hybridized carbons (Fsp3) is 0.194. The summed E-state index contributed by atoms with van der Waals surface area (Å²) in [6, 6.07) is 22.6. The number of likely N-dealkylation sites (tertiary alicyclic amines) is 1. The molecule has 41 heavy (non-hydrogen) atoms. The third-order valence-electron chi connectivity index (χ3n) is 7.46. The van der Waals surface area contributed by atoms with E-state index in [-0.39, 0.29) is 16.7 Å². The normalized spacial score (nSPS) is 15.7. The number of nitrogens with zero attached hydrogens (tertiary/aromatic N) is 4. The zero-order chi connectivity index (χ0) is 28.6. The van der Waals surface area contributed by atoms with Gasteiger partial charge >= 0.3 is 0 Å². The van der Waals surface area contributed by atoms with Crippen molar-refractivity contribution in [2.75, 3.05) is 18.8 Å². The van der Waals surface area contributed by atoms with Crippen LogP contribution in [0.25, 0.3) is 22.2 Å². The Balaban J connectivity index is 1.30. The van der Waals surface area contributed by atoms with Crippen molar-refractivity contribution in [2.45, 2.75) is 24.2 Å². The summed E-state index contributed by atoms with van der Waals surface area (Å²) < 4.78 is 28.4. The van der Waals surface area contributed by atoms with E-state index in [9.17, 15) is 13.2 Å². The zero-order valence-electron chi connectivity index (χ0n) is 22.2. The van der Waals surface area contributed by atoms with Gasteiger partial charge in [-0.25, -0.2) is 22.4 Å². The van der Waals surface area contributed by atoms with Crippen molar-refractivity contribution in [3.63, 3.8) is 0 Å². The number of carbonyl (C=O) groups excluding carboxylic acids is 1. The minimum Gasteiger partial charge on any atom is -0.399 e. The van der Waals surface area contributed by atoms with Crippen LogP contribution >= 0.6 is 11.6 Å². The number of aromatic nitrogens is 3. The summed E-state index contributed by atoms with van der Waals surface area (Å²) in [4.78, 5) is 24.5. The summed E-state index contributed by atoms with van der Waals surface area (Å²) in [6.45, 7) is 1.29. The van der Waals surface area contributed by atoms with Crippen LogP contribution in [0.1, 0.15) is 29.0 Å². The molecule has 1 aliphatic rings. The van der Waals surface area contributed by atoms with Crippen LogP contribution in [0.4, 0.5) is 5.69 Å². The lowest BCUT2D eigenvalue weighted by Crippen LogP contribution is -2.40. The minimum absolute atomic E-state index is 0.0140. The minimum atomic E-state index is -3.85. The number of benzene rings is 3. The molecule has 0 radical (unpaired) electrons. The first-order valence-electron chi connectivity index (χ1n) is 13.4. The fourth-order valence-electron chi connectivity index (χ4n) is 5.42. The van der Waals surface area contributed by atoms with Gasteiger partial charge in [0, 0.05) is 54.1 Å². The Morgan fingerprint density at radius 3 is 2.51 bits per heavy atom. The SMILES string of the molecule is Nc1ccc(C(=O)N2CCC[C@@H](Cc3ncc(Cl)c(-c4cn(S(=O)(=O)c5ccccc5)c5ccccc45)n3)C2)cc1. The molecule has 0 aliphatic carbocycles. The highest BCUT2D eigenvalue weighted by Crippen LogP contribution is 2.35. The molecule has 0 bridgehead atoms. The number of fused-ring (bicyclic) bond motifs is 1. The van der Waals surface area contributed by atoms with E-state index in [2.05, 4.69) is 4.98 Å². The Bertz CT molecular complexity index is 1840. The number of anilines is 1. The van der Waals surface area contributed by atoms with Crippen molar-refractivity contribution in [1.82, 2.24) is 18.8 Å². The second kappa shape index (κ2) is 11.0. The average molecular weight is 586 g/mol. The Hall–Kier alpha value is -4.21. The number of hydrogen-bond acceptors (Lipinski definition) is 6. The van der Waals surface area contributed by atoms with E-state index in [1.807, 2.05) is 17.0 Å². The molecule has 1 atom stereocenters. The maximum Gasteiger partial charge on any atom is 0.268 e. The number of carbonyl (C=O) groups is 1. The molecule has 1 saturated heterocycles. The largest absolute Gasteiger partial charge is 0.399 e. The van der Waals surface area contributed by atoms with Crippen LogP contribution in [0, 0.1) is 5.92 Å². The van der Waals surface area contributed by atoms with E-state index in [1.54, 1.807) is 79.1 Å². The summed E-state index contributed by atoms with van der Waals surface area (Å²) in [5, 5.41) is 1.05. The van der Waals surface area contributed by atoms with Gasteiger partial charge < -0.3 is 10.6 Å². The molecule has 0 unspecified atom stereocenters.